The topological polar surface area (TPSA) is 69.7 Å². The SMILES string of the molecule is COC(=O)c1ccc(Cl)c(OS(=O)(=O)C(F)(F)F)c1C. The lowest BCUT2D eigenvalue weighted by molar-refractivity contribution is -0.0500. The number of rotatable bonds is 3. The van der Waals surface area contributed by atoms with Crippen LogP contribution in [-0.4, -0.2) is 27.0 Å². The normalized spacial score (nSPS) is 12.1. The van der Waals surface area contributed by atoms with Crippen LogP contribution in [0, 0.1) is 6.92 Å². The Balaban J connectivity index is 3.37. The predicted molar refractivity (Wildman–Crippen MR) is 63.1 cm³/mol. The van der Waals surface area contributed by atoms with Crippen LogP contribution in [0.4, 0.5) is 13.2 Å². The maximum Gasteiger partial charge on any atom is 0.534 e. The van der Waals surface area contributed by atoms with E-state index in [9.17, 15) is 26.4 Å². The standard InChI is InChI=1S/C10H8ClF3O5S/c1-5-6(9(15)18-2)3-4-7(11)8(5)19-20(16,17)10(12,13)14/h3-4H,1-2H3. The van der Waals surface area contributed by atoms with Gasteiger partial charge in [-0.25, -0.2) is 4.79 Å². The Kier molecular flexibility index (Phi) is 4.55. The van der Waals surface area contributed by atoms with Crippen molar-refractivity contribution < 1.29 is 35.3 Å². The summed E-state index contributed by atoms with van der Waals surface area (Å²) < 4.78 is 67.1. The van der Waals surface area contributed by atoms with E-state index in [2.05, 4.69) is 8.92 Å². The van der Waals surface area contributed by atoms with E-state index >= 15 is 0 Å². The maximum atomic E-state index is 12.3. The Morgan fingerprint density at radius 3 is 2.30 bits per heavy atom. The minimum Gasteiger partial charge on any atom is -0.465 e. The van der Waals surface area contributed by atoms with Crippen molar-refractivity contribution in [1.82, 2.24) is 0 Å². The Morgan fingerprint density at radius 2 is 1.85 bits per heavy atom. The maximum absolute atomic E-state index is 12.3. The lowest BCUT2D eigenvalue weighted by atomic mass is 10.1. The lowest BCUT2D eigenvalue weighted by Crippen LogP contribution is -2.28. The van der Waals surface area contributed by atoms with Gasteiger partial charge in [0.15, 0.2) is 5.75 Å². The molecular formula is C10H8ClF3O5S. The van der Waals surface area contributed by atoms with Gasteiger partial charge in [-0.3, -0.25) is 0 Å². The average molecular weight is 333 g/mol. The second kappa shape index (κ2) is 5.49. The van der Waals surface area contributed by atoms with Gasteiger partial charge < -0.3 is 8.92 Å². The van der Waals surface area contributed by atoms with Crippen molar-refractivity contribution >= 4 is 27.7 Å². The first kappa shape index (κ1) is 16.6. The molecule has 0 N–H and O–H groups in total. The van der Waals surface area contributed by atoms with Crippen molar-refractivity contribution in [3.63, 3.8) is 0 Å². The molecule has 5 nitrogen and oxygen atoms in total. The number of esters is 1. The number of methoxy groups -OCH3 is 1. The van der Waals surface area contributed by atoms with Crippen molar-refractivity contribution in [3.05, 3.63) is 28.3 Å². The highest BCUT2D eigenvalue weighted by Crippen LogP contribution is 2.35. The number of carbonyl (C=O) groups excluding carboxylic acids is 1. The van der Waals surface area contributed by atoms with E-state index < -0.39 is 27.3 Å². The third-order valence-corrected chi connectivity index (χ3v) is 3.49. The highest BCUT2D eigenvalue weighted by molar-refractivity contribution is 7.88. The smallest absolute Gasteiger partial charge is 0.465 e. The first-order chi connectivity index (χ1) is 9.01. The van der Waals surface area contributed by atoms with Crippen LogP contribution in [0.3, 0.4) is 0 Å². The largest absolute Gasteiger partial charge is 0.534 e. The van der Waals surface area contributed by atoms with Gasteiger partial charge in [-0.1, -0.05) is 11.6 Å². The molecule has 0 aromatic heterocycles. The van der Waals surface area contributed by atoms with E-state index in [0.717, 1.165) is 13.2 Å². The first-order valence-corrected chi connectivity index (χ1v) is 6.68. The number of alkyl halides is 3. The van der Waals surface area contributed by atoms with Gasteiger partial charge in [-0.2, -0.15) is 21.6 Å². The van der Waals surface area contributed by atoms with Crippen molar-refractivity contribution in [2.24, 2.45) is 0 Å². The van der Waals surface area contributed by atoms with Gasteiger partial charge in [0.1, 0.15) is 0 Å². The molecule has 10 heteroatoms. The van der Waals surface area contributed by atoms with Crippen LogP contribution in [0.2, 0.25) is 5.02 Å². The molecule has 0 unspecified atom stereocenters. The number of carbonyl (C=O) groups is 1. The van der Waals surface area contributed by atoms with Gasteiger partial charge in [-0.05, 0) is 19.1 Å². The third kappa shape index (κ3) is 3.15. The predicted octanol–water partition coefficient (Wildman–Crippen LogP) is 2.66. The summed E-state index contributed by atoms with van der Waals surface area (Å²) in [4.78, 5) is 11.4. The number of benzene rings is 1. The van der Waals surface area contributed by atoms with E-state index in [1.807, 2.05) is 0 Å². The van der Waals surface area contributed by atoms with Crippen LogP contribution in [0.25, 0.3) is 0 Å². The molecule has 0 saturated carbocycles. The van der Waals surface area contributed by atoms with E-state index in [4.69, 9.17) is 11.6 Å². The van der Waals surface area contributed by atoms with E-state index in [1.54, 1.807) is 0 Å². The van der Waals surface area contributed by atoms with Crippen molar-refractivity contribution in [3.8, 4) is 5.75 Å². The molecule has 0 saturated heterocycles. The molecule has 0 spiro atoms. The summed E-state index contributed by atoms with van der Waals surface area (Å²) in [5.74, 6) is -1.64. The van der Waals surface area contributed by atoms with Crippen LogP contribution in [0.1, 0.15) is 15.9 Å². The second-order valence-electron chi connectivity index (χ2n) is 3.52. The quantitative estimate of drug-likeness (QED) is 0.483. The fourth-order valence-corrected chi connectivity index (χ4v) is 2.07. The van der Waals surface area contributed by atoms with E-state index in [-0.39, 0.29) is 16.1 Å². The van der Waals surface area contributed by atoms with Crippen LogP contribution < -0.4 is 4.18 Å². The molecule has 1 aromatic rings. The highest BCUT2D eigenvalue weighted by Gasteiger charge is 2.49. The van der Waals surface area contributed by atoms with Crippen LogP contribution in [0.5, 0.6) is 5.75 Å². The Hall–Kier alpha value is -1.48. The lowest BCUT2D eigenvalue weighted by Gasteiger charge is -2.14. The molecule has 1 aromatic carbocycles. The second-order valence-corrected chi connectivity index (χ2v) is 5.47. The van der Waals surface area contributed by atoms with E-state index in [0.29, 0.717) is 0 Å². The molecule has 1 rings (SSSR count). The molecule has 0 amide bonds. The summed E-state index contributed by atoms with van der Waals surface area (Å²) in [6.45, 7) is 1.18. The molecule has 0 aliphatic carbocycles. The zero-order valence-electron chi connectivity index (χ0n) is 10.1. The van der Waals surface area contributed by atoms with Crippen LogP contribution in [-0.2, 0) is 14.9 Å². The molecule has 0 radical (unpaired) electrons. The number of hydrogen-bond donors (Lipinski definition) is 0. The van der Waals surface area contributed by atoms with Gasteiger partial charge in [0.05, 0.1) is 17.7 Å². The zero-order chi connectivity index (χ0) is 15.7. The summed E-state index contributed by atoms with van der Waals surface area (Å²) in [6, 6.07) is 2.21. The Morgan fingerprint density at radius 1 is 1.30 bits per heavy atom. The molecule has 0 bridgehead atoms. The summed E-state index contributed by atoms with van der Waals surface area (Å²) in [5.41, 5.74) is -5.95. The fourth-order valence-electron chi connectivity index (χ4n) is 1.25. The molecule has 0 atom stereocenters. The molecule has 0 aliphatic rings. The summed E-state index contributed by atoms with van der Waals surface area (Å²) in [5, 5.41) is -0.386. The average Bonchev–Trinajstić information content (AvgIpc) is 2.32. The van der Waals surface area contributed by atoms with E-state index in [1.165, 1.54) is 13.0 Å². The summed E-state index contributed by atoms with van der Waals surface area (Å²) >= 11 is 5.60. The number of ether oxygens (including phenoxy) is 1. The van der Waals surface area contributed by atoms with Crippen molar-refractivity contribution in [2.45, 2.75) is 12.4 Å². The Labute approximate surface area is 117 Å². The minimum absolute atomic E-state index is 0.163. The summed E-state index contributed by atoms with van der Waals surface area (Å²) in [7, 11) is -4.82. The zero-order valence-corrected chi connectivity index (χ0v) is 11.7. The molecular weight excluding hydrogens is 325 g/mol. The van der Waals surface area contributed by atoms with Crippen molar-refractivity contribution in [1.29, 1.82) is 0 Å². The van der Waals surface area contributed by atoms with Crippen LogP contribution >= 0.6 is 11.6 Å². The van der Waals surface area contributed by atoms with Crippen LogP contribution in [0.15, 0.2) is 12.1 Å². The molecule has 112 valence electrons. The highest BCUT2D eigenvalue weighted by atomic mass is 35.5. The first-order valence-electron chi connectivity index (χ1n) is 4.89. The number of halogens is 4. The van der Waals surface area contributed by atoms with Gasteiger partial charge in [0.25, 0.3) is 0 Å². The third-order valence-electron chi connectivity index (χ3n) is 2.24. The number of hydrogen-bond acceptors (Lipinski definition) is 5. The summed E-state index contributed by atoms with van der Waals surface area (Å²) in [6.07, 6.45) is 0. The monoisotopic (exact) mass is 332 g/mol. The van der Waals surface area contributed by atoms with Gasteiger partial charge in [-0.15, -0.1) is 0 Å². The van der Waals surface area contributed by atoms with Gasteiger partial charge in [0.2, 0.25) is 0 Å². The van der Waals surface area contributed by atoms with Crippen molar-refractivity contribution in [2.75, 3.05) is 7.11 Å². The molecule has 0 heterocycles. The molecule has 0 fully saturated rings. The van der Waals surface area contributed by atoms with Gasteiger partial charge >= 0.3 is 21.6 Å². The fraction of sp³-hybridized carbons (Fsp3) is 0.300. The molecule has 0 aliphatic heterocycles. The minimum atomic E-state index is -5.88. The Bertz CT molecular complexity index is 639. The van der Waals surface area contributed by atoms with Gasteiger partial charge in [0, 0.05) is 5.56 Å². The molecule has 20 heavy (non-hydrogen) atoms.